The van der Waals surface area contributed by atoms with Gasteiger partial charge in [-0.3, -0.25) is 0 Å². The summed E-state index contributed by atoms with van der Waals surface area (Å²) in [7, 11) is 0. The predicted octanol–water partition coefficient (Wildman–Crippen LogP) is 3.72. The third-order valence-corrected chi connectivity index (χ3v) is 5.76. The molecule has 0 radical (unpaired) electrons. The fourth-order valence-electron chi connectivity index (χ4n) is 2.44. The van der Waals surface area contributed by atoms with Gasteiger partial charge < -0.3 is 11.1 Å². The highest BCUT2D eigenvalue weighted by atomic mass is 79.9. The van der Waals surface area contributed by atoms with Crippen LogP contribution in [0.25, 0.3) is 0 Å². The minimum atomic E-state index is -0.0172. The summed E-state index contributed by atoms with van der Waals surface area (Å²) in [5.41, 5.74) is 7.46. The molecule has 1 aliphatic heterocycles. The van der Waals surface area contributed by atoms with E-state index < -0.39 is 0 Å². The van der Waals surface area contributed by atoms with E-state index in [0.29, 0.717) is 6.54 Å². The van der Waals surface area contributed by atoms with Crippen LogP contribution in [0.5, 0.6) is 0 Å². The van der Waals surface area contributed by atoms with E-state index in [1.165, 1.54) is 12.2 Å². The van der Waals surface area contributed by atoms with Gasteiger partial charge >= 0.3 is 0 Å². The van der Waals surface area contributed by atoms with Crippen LogP contribution in [0, 0.1) is 5.41 Å². The number of hydrogen-bond acceptors (Lipinski definition) is 3. The highest BCUT2D eigenvalue weighted by Gasteiger charge is 2.46. The van der Waals surface area contributed by atoms with Crippen LogP contribution in [0.15, 0.2) is 28.7 Å². The van der Waals surface area contributed by atoms with Crippen LogP contribution in [-0.4, -0.2) is 23.6 Å². The van der Waals surface area contributed by atoms with Crippen LogP contribution in [0.3, 0.4) is 0 Å². The molecule has 0 aromatic heterocycles. The average molecular weight is 329 g/mol. The summed E-state index contributed by atoms with van der Waals surface area (Å²) >= 11 is 5.52. The Morgan fingerprint density at radius 1 is 1.44 bits per heavy atom. The van der Waals surface area contributed by atoms with Gasteiger partial charge in [0.1, 0.15) is 0 Å². The van der Waals surface area contributed by atoms with Crippen molar-refractivity contribution in [2.45, 2.75) is 25.8 Å². The lowest BCUT2D eigenvalue weighted by Crippen LogP contribution is -2.60. The third kappa shape index (κ3) is 2.70. The van der Waals surface area contributed by atoms with Gasteiger partial charge in [0, 0.05) is 22.5 Å². The molecule has 0 amide bonds. The summed E-state index contributed by atoms with van der Waals surface area (Å²) in [5, 5.41) is 3.70. The van der Waals surface area contributed by atoms with E-state index in [1.54, 1.807) is 0 Å². The van der Waals surface area contributed by atoms with Crippen molar-refractivity contribution < 1.29 is 0 Å². The molecule has 1 aliphatic rings. The molecule has 18 heavy (non-hydrogen) atoms. The van der Waals surface area contributed by atoms with Crippen molar-refractivity contribution in [2.75, 3.05) is 23.4 Å². The van der Waals surface area contributed by atoms with Crippen LogP contribution < -0.4 is 11.1 Å². The van der Waals surface area contributed by atoms with Gasteiger partial charge in [-0.2, -0.15) is 11.8 Å². The molecule has 4 heteroatoms. The second kappa shape index (κ2) is 5.43. The molecule has 100 valence electrons. The number of anilines is 1. The van der Waals surface area contributed by atoms with Crippen molar-refractivity contribution >= 4 is 33.4 Å². The van der Waals surface area contributed by atoms with E-state index in [0.717, 1.165) is 15.9 Å². The maximum absolute atomic E-state index is 6.11. The fraction of sp³-hybridized carbons (Fsp3) is 0.571. The lowest BCUT2D eigenvalue weighted by molar-refractivity contribution is 0.203. The molecule has 1 aromatic rings. The van der Waals surface area contributed by atoms with Gasteiger partial charge in [-0.05, 0) is 35.8 Å². The van der Waals surface area contributed by atoms with Gasteiger partial charge in [-0.25, -0.2) is 0 Å². The first kappa shape index (κ1) is 14.2. The number of nitrogens with one attached hydrogen (secondary N) is 1. The summed E-state index contributed by atoms with van der Waals surface area (Å²) in [5.74, 6) is 2.30. The van der Waals surface area contributed by atoms with Gasteiger partial charge in [0.15, 0.2) is 0 Å². The topological polar surface area (TPSA) is 38.0 Å². The van der Waals surface area contributed by atoms with Gasteiger partial charge in [0.25, 0.3) is 0 Å². The minimum Gasteiger partial charge on any atom is -0.377 e. The monoisotopic (exact) mass is 328 g/mol. The number of rotatable bonds is 3. The second-order valence-corrected chi connectivity index (χ2v) is 7.63. The first-order valence-corrected chi connectivity index (χ1v) is 8.25. The molecule has 3 N–H and O–H groups in total. The summed E-state index contributed by atoms with van der Waals surface area (Å²) in [4.78, 5) is 0. The van der Waals surface area contributed by atoms with Crippen molar-refractivity contribution in [3.05, 3.63) is 28.7 Å². The predicted molar refractivity (Wildman–Crippen MR) is 85.3 cm³/mol. The highest BCUT2D eigenvalue weighted by Crippen LogP contribution is 2.43. The maximum Gasteiger partial charge on any atom is 0.0636 e. The van der Waals surface area contributed by atoms with Crippen molar-refractivity contribution in [3.63, 3.8) is 0 Å². The van der Waals surface area contributed by atoms with E-state index in [1.807, 2.05) is 17.8 Å². The maximum atomic E-state index is 6.11. The standard InChI is InChI=1S/C14H21BrN2S/c1-13(2)6-7-18-10-14(13,9-16)17-12-5-3-4-11(15)8-12/h3-5,8,17H,6-7,9-10,16H2,1-2H3. The Hall–Kier alpha value is -0.190. The zero-order valence-corrected chi connectivity index (χ0v) is 13.4. The Bertz CT molecular complexity index is 422. The molecular formula is C14H21BrN2S. The van der Waals surface area contributed by atoms with Gasteiger partial charge in [0.05, 0.1) is 5.54 Å². The first-order valence-electron chi connectivity index (χ1n) is 6.31. The fourth-order valence-corrected chi connectivity index (χ4v) is 4.57. The molecule has 2 rings (SSSR count). The largest absolute Gasteiger partial charge is 0.377 e. The summed E-state index contributed by atoms with van der Waals surface area (Å²) in [6.07, 6.45) is 1.20. The quantitative estimate of drug-likeness (QED) is 0.888. The smallest absolute Gasteiger partial charge is 0.0636 e. The molecule has 1 atom stereocenters. The molecular weight excluding hydrogens is 308 g/mol. The molecule has 0 aliphatic carbocycles. The molecule has 2 nitrogen and oxygen atoms in total. The number of benzene rings is 1. The molecule has 1 saturated heterocycles. The zero-order valence-electron chi connectivity index (χ0n) is 11.0. The Morgan fingerprint density at radius 3 is 2.83 bits per heavy atom. The number of halogens is 1. The van der Waals surface area contributed by atoms with Crippen LogP contribution in [-0.2, 0) is 0 Å². The Balaban J connectivity index is 2.27. The lowest BCUT2D eigenvalue weighted by Gasteiger charge is -2.50. The zero-order chi connectivity index (χ0) is 13.2. The summed E-state index contributed by atoms with van der Waals surface area (Å²) in [6.45, 7) is 5.31. The van der Waals surface area contributed by atoms with Crippen molar-refractivity contribution in [1.29, 1.82) is 0 Å². The first-order chi connectivity index (χ1) is 8.49. The summed E-state index contributed by atoms with van der Waals surface area (Å²) in [6, 6.07) is 8.32. The summed E-state index contributed by atoms with van der Waals surface area (Å²) < 4.78 is 1.10. The normalized spacial score (nSPS) is 26.9. The molecule has 1 aromatic carbocycles. The number of hydrogen-bond donors (Lipinski definition) is 2. The average Bonchev–Trinajstić information content (AvgIpc) is 2.32. The van der Waals surface area contributed by atoms with Gasteiger partial charge in [-0.15, -0.1) is 0 Å². The number of thioether (sulfide) groups is 1. The molecule has 1 fully saturated rings. The van der Waals surface area contributed by atoms with Crippen molar-refractivity contribution in [3.8, 4) is 0 Å². The Labute approximate surface area is 122 Å². The van der Waals surface area contributed by atoms with E-state index >= 15 is 0 Å². The highest BCUT2D eigenvalue weighted by molar-refractivity contribution is 9.10. The van der Waals surface area contributed by atoms with E-state index in [2.05, 4.69) is 53.3 Å². The molecule has 1 unspecified atom stereocenters. The van der Waals surface area contributed by atoms with E-state index in [4.69, 9.17) is 5.73 Å². The Kier molecular flexibility index (Phi) is 4.29. The molecule has 0 saturated carbocycles. The van der Waals surface area contributed by atoms with Gasteiger partial charge in [0.2, 0.25) is 0 Å². The SMILES string of the molecule is CC1(C)CCSCC1(CN)Nc1cccc(Br)c1. The van der Waals surface area contributed by atoms with Crippen LogP contribution in [0.4, 0.5) is 5.69 Å². The minimum absolute atomic E-state index is 0.0172. The van der Waals surface area contributed by atoms with Crippen molar-refractivity contribution in [2.24, 2.45) is 11.1 Å². The molecule has 0 bridgehead atoms. The molecule has 1 heterocycles. The van der Waals surface area contributed by atoms with Gasteiger partial charge in [-0.1, -0.05) is 35.8 Å². The van der Waals surface area contributed by atoms with E-state index in [-0.39, 0.29) is 11.0 Å². The number of nitrogens with two attached hydrogens (primary N) is 1. The van der Waals surface area contributed by atoms with Crippen LogP contribution >= 0.6 is 27.7 Å². The van der Waals surface area contributed by atoms with Crippen LogP contribution in [0.2, 0.25) is 0 Å². The lowest BCUT2D eigenvalue weighted by atomic mass is 9.70. The van der Waals surface area contributed by atoms with Crippen molar-refractivity contribution in [1.82, 2.24) is 0 Å². The second-order valence-electron chi connectivity index (χ2n) is 5.61. The van der Waals surface area contributed by atoms with Crippen LogP contribution in [0.1, 0.15) is 20.3 Å². The molecule has 0 spiro atoms. The Morgan fingerprint density at radius 2 is 2.22 bits per heavy atom. The third-order valence-electron chi connectivity index (χ3n) is 4.07. The van der Waals surface area contributed by atoms with E-state index in [9.17, 15) is 0 Å².